The normalized spacial score (nSPS) is 16.0. The first-order chi connectivity index (χ1) is 12.2. The molecule has 2 heteroatoms. The lowest BCUT2D eigenvalue weighted by atomic mass is 10.1. The molecule has 2 nitrogen and oxygen atoms in total. The average molecular weight is 341 g/mol. The Kier molecular flexibility index (Phi) is 6.58. The van der Waals surface area contributed by atoms with E-state index in [0.29, 0.717) is 0 Å². The van der Waals surface area contributed by atoms with Crippen LogP contribution in [0.5, 0.6) is 0 Å². The van der Waals surface area contributed by atoms with Crippen LogP contribution in [0.2, 0.25) is 0 Å². The molecule has 0 unspecified atom stereocenters. The largest absolute Gasteiger partial charge is 0.344 e. The molecular formula is C23H36N2. The predicted molar refractivity (Wildman–Crippen MR) is 110 cm³/mol. The number of aromatic nitrogens is 1. The predicted octanol–water partition coefficient (Wildman–Crippen LogP) is 5.73. The molecule has 0 radical (unpaired) electrons. The fourth-order valence-electron chi connectivity index (χ4n) is 4.60. The molecule has 1 aromatic heterocycles. The van der Waals surface area contributed by atoms with Crippen LogP contribution in [-0.2, 0) is 19.4 Å². The van der Waals surface area contributed by atoms with E-state index in [2.05, 4.69) is 48.4 Å². The van der Waals surface area contributed by atoms with Gasteiger partial charge >= 0.3 is 0 Å². The summed E-state index contributed by atoms with van der Waals surface area (Å²) >= 11 is 0. The zero-order chi connectivity index (χ0) is 17.6. The van der Waals surface area contributed by atoms with Crippen molar-refractivity contribution in [1.29, 1.82) is 0 Å². The molecule has 0 spiro atoms. The summed E-state index contributed by atoms with van der Waals surface area (Å²) < 4.78 is 2.63. The summed E-state index contributed by atoms with van der Waals surface area (Å²) in [6.07, 6.45) is 10.6. The first-order valence-corrected chi connectivity index (χ1v) is 10.6. The van der Waals surface area contributed by atoms with E-state index < -0.39 is 0 Å². The van der Waals surface area contributed by atoms with Gasteiger partial charge in [-0.1, -0.05) is 38.8 Å². The monoisotopic (exact) mass is 340 g/mol. The zero-order valence-corrected chi connectivity index (χ0v) is 16.6. The van der Waals surface area contributed by atoms with Gasteiger partial charge in [0.25, 0.3) is 0 Å². The second-order valence-corrected chi connectivity index (χ2v) is 7.77. The van der Waals surface area contributed by atoms with Crippen LogP contribution in [0.1, 0.15) is 69.2 Å². The quantitative estimate of drug-likeness (QED) is 0.557. The van der Waals surface area contributed by atoms with Crippen molar-refractivity contribution >= 4 is 10.9 Å². The van der Waals surface area contributed by atoms with E-state index in [1.807, 2.05) is 0 Å². The maximum absolute atomic E-state index is 2.67. The molecule has 2 aromatic rings. The Labute approximate surface area is 154 Å². The van der Waals surface area contributed by atoms with E-state index in [4.69, 9.17) is 0 Å². The summed E-state index contributed by atoms with van der Waals surface area (Å²) in [5.41, 5.74) is 5.98. The molecule has 0 aliphatic carbocycles. The minimum atomic E-state index is 1.14. The molecule has 1 fully saturated rings. The summed E-state index contributed by atoms with van der Waals surface area (Å²) in [4.78, 5) is 2.67. The summed E-state index contributed by atoms with van der Waals surface area (Å²) in [6.45, 7) is 12.0. The van der Waals surface area contributed by atoms with Gasteiger partial charge < -0.3 is 9.47 Å². The van der Waals surface area contributed by atoms with Gasteiger partial charge in [0.05, 0.1) is 0 Å². The Hall–Kier alpha value is -1.28. The third-order valence-corrected chi connectivity index (χ3v) is 5.94. The number of fused-ring (bicyclic) bond motifs is 1. The fourth-order valence-corrected chi connectivity index (χ4v) is 4.60. The zero-order valence-electron chi connectivity index (χ0n) is 16.6. The van der Waals surface area contributed by atoms with Crippen LogP contribution in [0.4, 0.5) is 0 Å². The maximum Gasteiger partial charge on any atom is 0.0488 e. The molecule has 1 saturated heterocycles. The van der Waals surface area contributed by atoms with Crippen LogP contribution < -0.4 is 0 Å². The van der Waals surface area contributed by atoms with Gasteiger partial charge in [0.1, 0.15) is 0 Å². The van der Waals surface area contributed by atoms with Gasteiger partial charge in [-0.15, -0.1) is 0 Å². The highest BCUT2D eigenvalue weighted by atomic mass is 15.1. The molecule has 138 valence electrons. The second kappa shape index (κ2) is 8.89. The Morgan fingerprint density at radius 3 is 2.36 bits per heavy atom. The van der Waals surface area contributed by atoms with Crippen molar-refractivity contribution in [1.82, 2.24) is 9.47 Å². The van der Waals surface area contributed by atoms with Gasteiger partial charge in [-0.3, -0.25) is 0 Å². The highest BCUT2D eigenvalue weighted by Gasteiger charge is 2.14. The molecular weight excluding hydrogens is 304 g/mol. The number of nitrogens with zero attached hydrogens (tertiary/aromatic N) is 2. The summed E-state index contributed by atoms with van der Waals surface area (Å²) in [5.74, 6) is 0. The van der Waals surface area contributed by atoms with Gasteiger partial charge in [0, 0.05) is 23.1 Å². The van der Waals surface area contributed by atoms with Crippen molar-refractivity contribution in [2.24, 2.45) is 0 Å². The number of aryl methyl sites for hydroxylation is 3. The number of rotatable bonds is 8. The molecule has 1 aliphatic heterocycles. The fraction of sp³-hybridized carbons (Fsp3) is 0.652. The first kappa shape index (κ1) is 18.5. The molecule has 2 heterocycles. The van der Waals surface area contributed by atoms with Crippen molar-refractivity contribution < 1.29 is 0 Å². The SMILES string of the molecule is CCc1c(CC)n(CCCCCN2CCCCC2)c2cc(C)ccc12. The minimum Gasteiger partial charge on any atom is -0.344 e. The molecule has 25 heavy (non-hydrogen) atoms. The lowest BCUT2D eigenvalue weighted by Crippen LogP contribution is -2.30. The van der Waals surface area contributed by atoms with Gasteiger partial charge in [-0.25, -0.2) is 0 Å². The number of unbranched alkanes of at least 4 members (excludes halogenated alkanes) is 2. The van der Waals surface area contributed by atoms with Crippen LogP contribution in [0, 0.1) is 6.92 Å². The van der Waals surface area contributed by atoms with E-state index in [1.165, 1.54) is 81.2 Å². The molecule has 3 rings (SSSR count). The molecule has 0 amide bonds. The van der Waals surface area contributed by atoms with Crippen molar-refractivity contribution in [3.63, 3.8) is 0 Å². The van der Waals surface area contributed by atoms with E-state index in [-0.39, 0.29) is 0 Å². The minimum absolute atomic E-state index is 1.14. The third kappa shape index (κ3) is 4.28. The van der Waals surface area contributed by atoms with Crippen molar-refractivity contribution in [3.05, 3.63) is 35.0 Å². The van der Waals surface area contributed by atoms with Crippen LogP contribution >= 0.6 is 0 Å². The molecule has 0 saturated carbocycles. The third-order valence-electron chi connectivity index (χ3n) is 5.94. The van der Waals surface area contributed by atoms with Crippen LogP contribution in [0.15, 0.2) is 18.2 Å². The van der Waals surface area contributed by atoms with E-state index in [9.17, 15) is 0 Å². The molecule has 0 bridgehead atoms. The molecule has 0 atom stereocenters. The molecule has 1 aliphatic rings. The Bertz CT molecular complexity index is 677. The Morgan fingerprint density at radius 2 is 1.64 bits per heavy atom. The maximum atomic E-state index is 2.67. The van der Waals surface area contributed by atoms with Gasteiger partial charge in [-0.2, -0.15) is 0 Å². The highest BCUT2D eigenvalue weighted by molar-refractivity contribution is 5.86. The van der Waals surface area contributed by atoms with E-state index in [1.54, 1.807) is 11.3 Å². The standard InChI is InChI=1S/C23H36N2/c1-4-20-21-13-12-19(3)18-23(21)25(22(20)5-2)17-11-7-10-16-24-14-8-6-9-15-24/h12-13,18H,4-11,14-17H2,1-3H3. The number of hydrogen-bond acceptors (Lipinski definition) is 1. The Balaban J connectivity index is 1.63. The second-order valence-electron chi connectivity index (χ2n) is 7.77. The van der Waals surface area contributed by atoms with E-state index in [0.717, 1.165) is 12.8 Å². The first-order valence-electron chi connectivity index (χ1n) is 10.6. The van der Waals surface area contributed by atoms with Crippen molar-refractivity contribution in [2.75, 3.05) is 19.6 Å². The summed E-state index contributed by atoms with van der Waals surface area (Å²) in [7, 11) is 0. The van der Waals surface area contributed by atoms with Crippen LogP contribution in [-0.4, -0.2) is 29.1 Å². The smallest absolute Gasteiger partial charge is 0.0488 e. The van der Waals surface area contributed by atoms with Gasteiger partial charge in [0.2, 0.25) is 0 Å². The van der Waals surface area contributed by atoms with E-state index >= 15 is 0 Å². The topological polar surface area (TPSA) is 8.17 Å². The lowest BCUT2D eigenvalue weighted by Gasteiger charge is -2.26. The molecule has 1 aromatic carbocycles. The Morgan fingerprint density at radius 1 is 0.880 bits per heavy atom. The highest BCUT2D eigenvalue weighted by Crippen LogP contribution is 2.29. The number of likely N-dealkylation sites (tertiary alicyclic amines) is 1. The van der Waals surface area contributed by atoms with Gasteiger partial charge in [-0.05, 0) is 82.3 Å². The number of hydrogen-bond donors (Lipinski definition) is 0. The lowest BCUT2D eigenvalue weighted by molar-refractivity contribution is 0.224. The van der Waals surface area contributed by atoms with Crippen molar-refractivity contribution in [2.45, 2.75) is 78.7 Å². The molecule has 0 N–H and O–H groups in total. The average Bonchev–Trinajstić information content (AvgIpc) is 2.94. The number of piperidine rings is 1. The summed E-state index contributed by atoms with van der Waals surface area (Å²) in [6, 6.07) is 7.00. The van der Waals surface area contributed by atoms with Crippen LogP contribution in [0.25, 0.3) is 10.9 Å². The summed E-state index contributed by atoms with van der Waals surface area (Å²) in [5, 5.41) is 1.48. The van der Waals surface area contributed by atoms with Crippen molar-refractivity contribution in [3.8, 4) is 0 Å². The van der Waals surface area contributed by atoms with Gasteiger partial charge in [0.15, 0.2) is 0 Å². The number of benzene rings is 1. The van der Waals surface area contributed by atoms with Crippen LogP contribution in [0.3, 0.4) is 0 Å².